The highest BCUT2D eigenvalue weighted by molar-refractivity contribution is 6.56. The fraction of sp³-hybridized carbons (Fsp3) is 0.185. The molecular weight excluding hydrogens is 590 g/mol. The molecule has 8 nitrogen and oxygen atoms in total. The minimum Gasteiger partial charge on any atom is -0.495 e. The molecule has 1 saturated heterocycles. The summed E-state index contributed by atoms with van der Waals surface area (Å²) in [7, 11) is 1.51. The first-order chi connectivity index (χ1) is 18.5. The van der Waals surface area contributed by atoms with Gasteiger partial charge < -0.3 is 14.4 Å². The summed E-state index contributed by atoms with van der Waals surface area (Å²) in [5.41, 5.74) is 0.989. The van der Waals surface area contributed by atoms with E-state index in [4.69, 9.17) is 55.9 Å². The summed E-state index contributed by atoms with van der Waals surface area (Å²) >= 11 is 24.6. The normalized spacial score (nSPS) is 16.7. The summed E-state index contributed by atoms with van der Waals surface area (Å²) in [6.45, 7) is 1.78. The van der Waals surface area contributed by atoms with Crippen LogP contribution in [0.1, 0.15) is 32.7 Å². The predicted molar refractivity (Wildman–Crippen MR) is 148 cm³/mol. The van der Waals surface area contributed by atoms with Crippen molar-refractivity contribution < 1.29 is 28.7 Å². The topological polar surface area (TPSA) is 93.2 Å². The SMILES string of the molecule is COc1ccccc1N1C[C@@H](C(=O)Oc2ccc(N3C(=O)c4c(Cl)c(Cl)c(Cl)c(Cl)c4C3=O)c(C)c2)CC1=O. The van der Waals surface area contributed by atoms with Gasteiger partial charge in [-0.05, 0) is 42.8 Å². The van der Waals surface area contributed by atoms with E-state index in [2.05, 4.69) is 0 Å². The molecule has 0 bridgehead atoms. The van der Waals surface area contributed by atoms with Crippen LogP contribution in [0.2, 0.25) is 20.1 Å². The van der Waals surface area contributed by atoms with Crippen molar-refractivity contribution in [1.82, 2.24) is 0 Å². The maximum absolute atomic E-state index is 13.2. The van der Waals surface area contributed by atoms with Crippen LogP contribution in [0.5, 0.6) is 11.5 Å². The van der Waals surface area contributed by atoms with Gasteiger partial charge >= 0.3 is 5.97 Å². The number of hydrogen-bond donors (Lipinski definition) is 0. The van der Waals surface area contributed by atoms with E-state index in [0.717, 1.165) is 4.90 Å². The summed E-state index contributed by atoms with van der Waals surface area (Å²) in [6.07, 6.45) is -0.0182. The molecule has 2 aliphatic heterocycles. The molecule has 39 heavy (non-hydrogen) atoms. The van der Waals surface area contributed by atoms with Gasteiger partial charge in [-0.15, -0.1) is 0 Å². The maximum Gasteiger partial charge on any atom is 0.316 e. The largest absolute Gasteiger partial charge is 0.495 e. The number of carbonyl (C=O) groups is 4. The molecule has 3 aromatic rings. The second-order valence-electron chi connectivity index (χ2n) is 8.90. The summed E-state index contributed by atoms with van der Waals surface area (Å²) in [4.78, 5) is 54.4. The number of nitrogens with zero attached hydrogens (tertiary/aromatic N) is 2. The fourth-order valence-corrected chi connectivity index (χ4v) is 5.68. The van der Waals surface area contributed by atoms with E-state index < -0.39 is 23.7 Å². The molecule has 5 rings (SSSR count). The fourth-order valence-electron chi connectivity index (χ4n) is 4.66. The second kappa shape index (κ2) is 10.4. The molecule has 2 aliphatic rings. The Morgan fingerprint density at radius 2 is 1.49 bits per heavy atom. The molecule has 3 aromatic carbocycles. The van der Waals surface area contributed by atoms with Gasteiger partial charge in [0.05, 0.1) is 55.6 Å². The number of ether oxygens (including phenoxy) is 2. The van der Waals surface area contributed by atoms with Gasteiger partial charge in [0, 0.05) is 13.0 Å². The number of para-hydroxylation sites is 2. The van der Waals surface area contributed by atoms with Crippen LogP contribution in [0.3, 0.4) is 0 Å². The number of fused-ring (bicyclic) bond motifs is 1. The smallest absolute Gasteiger partial charge is 0.316 e. The van der Waals surface area contributed by atoms with Gasteiger partial charge in [0.1, 0.15) is 11.5 Å². The molecule has 1 fully saturated rings. The van der Waals surface area contributed by atoms with Crippen molar-refractivity contribution in [3.05, 3.63) is 79.2 Å². The molecule has 1 atom stereocenters. The van der Waals surface area contributed by atoms with E-state index in [-0.39, 0.29) is 61.5 Å². The molecule has 0 unspecified atom stereocenters. The zero-order valence-corrected chi connectivity index (χ0v) is 23.4. The van der Waals surface area contributed by atoms with Crippen LogP contribution in [0.25, 0.3) is 0 Å². The number of amides is 3. The first-order valence-electron chi connectivity index (χ1n) is 11.6. The van der Waals surface area contributed by atoms with Crippen molar-refractivity contribution in [2.45, 2.75) is 13.3 Å². The van der Waals surface area contributed by atoms with Crippen molar-refractivity contribution in [2.24, 2.45) is 5.92 Å². The number of methoxy groups -OCH3 is 1. The summed E-state index contributed by atoms with van der Waals surface area (Å²) in [6, 6.07) is 11.5. The summed E-state index contributed by atoms with van der Waals surface area (Å²) < 4.78 is 10.9. The summed E-state index contributed by atoms with van der Waals surface area (Å²) in [5, 5.41) is -0.589. The van der Waals surface area contributed by atoms with Crippen molar-refractivity contribution in [3.8, 4) is 11.5 Å². The Balaban J connectivity index is 1.35. The van der Waals surface area contributed by atoms with Gasteiger partial charge in [0.15, 0.2) is 0 Å². The Bertz CT molecular complexity index is 1540. The van der Waals surface area contributed by atoms with E-state index in [0.29, 0.717) is 17.0 Å². The van der Waals surface area contributed by atoms with Gasteiger partial charge in [-0.1, -0.05) is 58.5 Å². The Morgan fingerprint density at radius 1 is 0.872 bits per heavy atom. The highest BCUT2D eigenvalue weighted by Gasteiger charge is 2.43. The molecule has 2 heterocycles. The molecule has 12 heteroatoms. The van der Waals surface area contributed by atoms with Crippen molar-refractivity contribution in [1.29, 1.82) is 0 Å². The van der Waals surface area contributed by atoms with Crippen molar-refractivity contribution >= 4 is 81.5 Å². The molecule has 0 N–H and O–H groups in total. The van der Waals surface area contributed by atoms with Crippen LogP contribution < -0.4 is 19.3 Å². The molecule has 200 valence electrons. The first kappa shape index (κ1) is 27.3. The third-order valence-electron chi connectivity index (χ3n) is 6.56. The lowest BCUT2D eigenvalue weighted by molar-refractivity contribution is -0.139. The zero-order chi connectivity index (χ0) is 28.2. The average molecular weight is 608 g/mol. The molecule has 3 amide bonds. The van der Waals surface area contributed by atoms with Crippen LogP contribution in [0.4, 0.5) is 11.4 Å². The highest BCUT2D eigenvalue weighted by atomic mass is 35.5. The molecule has 0 saturated carbocycles. The minimum absolute atomic E-state index is 0.0182. The van der Waals surface area contributed by atoms with Crippen LogP contribution in [0, 0.1) is 12.8 Å². The maximum atomic E-state index is 13.2. The first-order valence-corrected chi connectivity index (χ1v) is 13.1. The molecule has 0 aromatic heterocycles. The molecule has 0 spiro atoms. The van der Waals surface area contributed by atoms with Crippen molar-refractivity contribution in [2.75, 3.05) is 23.5 Å². The lowest BCUT2D eigenvalue weighted by Gasteiger charge is -2.19. The van der Waals surface area contributed by atoms with Crippen LogP contribution in [0.15, 0.2) is 42.5 Å². The second-order valence-corrected chi connectivity index (χ2v) is 10.4. The number of anilines is 2. The van der Waals surface area contributed by atoms with Gasteiger partial charge in [-0.3, -0.25) is 19.2 Å². The standard InChI is InChI=1S/C27H18Cl4N2O6/c1-12-9-14(39-27(37)13-10-18(34)32(11-13)16-5-3-4-6-17(16)38-2)7-8-15(12)33-25(35)19-20(26(33)36)22(29)24(31)23(30)21(19)28/h3-9,13H,10-11H2,1-2H3/t13-/m0/s1. The number of imide groups is 1. The van der Waals surface area contributed by atoms with E-state index in [9.17, 15) is 19.2 Å². The van der Waals surface area contributed by atoms with Crippen LogP contribution in [-0.4, -0.2) is 37.3 Å². The van der Waals surface area contributed by atoms with Gasteiger partial charge in [0.25, 0.3) is 11.8 Å². The molecule has 0 radical (unpaired) electrons. The number of halogens is 4. The number of rotatable bonds is 5. The number of esters is 1. The van der Waals surface area contributed by atoms with Gasteiger partial charge in [-0.25, -0.2) is 4.90 Å². The third-order valence-corrected chi connectivity index (χ3v) is 8.37. The van der Waals surface area contributed by atoms with E-state index in [1.165, 1.54) is 30.2 Å². The van der Waals surface area contributed by atoms with Gasteiger partial charge in [-0.2, -0.15) is 0 Å². The van der Waals surface area contributed by atoms with Crippen LogP contribution in [-0.2, 0) is 9.59 Å². The monoisotopic (exact) mass is 606 g/mol. The molecular formula is C27H18Cl4N2O6. The number of carbonyl (C=O) groups excluding carboxylic acids is 4. The lowest BCUT2D eigenvalue weighted by atomic mass is 10.1. The number of aryl methyl sites for hydroxylation is 1. The Kier molecular flexibility index (Phi) is 7.24. The lowest BCUT2D eigenvalue weighted by Crippen LogP contribution is -2.30. The predicted octanol–water partition coefficient (Wildman–Crippen LogP) is 6.38. The Morgan fingerprint density at radius 3 is 2.08 bits per heavy atom. The molecule has 0 aliphatic carbocycles. The third kappa shape index (κ3) is 4.51. The van der Waals surface area contributed by atoms with E-state index in [1.807, 2.05) is 0 Å². The Labute approximate surface area is 242 Å². The zero-order valence-electron chi connectivity index (χ0n) is 20.4. The highest BCUT2D eigenvalue weighted by Crippen LogP contribution is 2.46. The number of benzene rings is 3. The average Bonchev–Trinajstić information content (AvgIpc) is 3.43. The van der Waals surface area contributed by atoms with Crippen LogP contribution >= 0.6 is 46.4 Å². The van der Waals surface area contributed by atoms with E-state index in [1.54, 1.807) is 31.2 Å². The van der Waals surface area contributed by atoms with Gasteiger partial charge in [0.2, 0.25) is 5.91 Å². The number of hydrogen-bond acceptors (Lipinski definition) is 6. The van der Waals surface area contributed by atoms with Crippen molar-refractivity contribution in [3.63, 3.8) is 0 Å². The Hall–Kier alpha value is -3.30. The van der Waals surface area contributed by atoms with E-state index >= 15 is 0 Å². The minimum atomic E-state index is -0.714. The summed E-state index contributed by atoms with van der Waals surface area (Å²) in [5.74, 6) is -2.23. The quantitative estimate of drug-likeness (QED) is 0.110.